The van der Waals surface area contributed by atoms with Gasteiger partial charge < -0.3 is 11.1 Å². The number of benzene rings is 2. The molecule has 0 radical (unpaired) electrons. The average molecular weight is 238 g/mol. The Hall–Kier alpha value is -2.49. The molecule has 0 aliphatic heterocycles. The summed E-state index contributed by atoms with van der Waals surface area (Å²) in [6, 6.07) is 14.4. The summed E-state index contributed by atoms with van der Waals surface area (Å²) >= 11 is 0. The van der Waals surface area contributed by atoms with Gasteiger partial charge >= 0.3 is 0 Å². The molecule has 4 heteroatoms. The zero-order valence-corrected chi connectivity index (χ0v) is 10.1. The lowest BCUT2D eigenvalue weighted by Gasteiger charge is -2.05. The second kappa shape index (κ2) is 4.07. The summed E-state index contributed by atoms with van der Waals surface area (Å²) in [6.45, 7) is 0. The van der Waals surface area contributed by atoms with Gasteiger partial charge in [-0.3, -0.25) is 4.68 Å². The van der Waals surface area contributed by atoms with Gasteiger partial charge in [-0.1, -0.05) is 30.3 Å². The maximum absolute atomic E-state index is 5.86. The van der Waals surface area contributed by atoms with E-state index < -0.39 is 0 Å². The summed E-state index contributed by atoms with van der Waals surface area (Å²) in [5.74, 6) is 0.688. The Balaban J connectivity index is 1.97. The predicted molar refractivity (Wildman–Crippen MR) is 74.9 cm³/mol. The monoisotopic (exact) mass is 238 g/mol. The van der Waals surface area contributed by atoms with E-state index in [4.69, 9.17) is 5.73 Å². The Morgan fingerprint density at radius 1 is 1.11 bits per heavy atom. The van der Waals surface area contributed by atoms with Crippen LogP contribution >= 0.6 is 0 Å². The van der Waals surface area contributed by atoms with Crippen molar-refractivity contribution in [3.8, 4) is 0 Å². The van der Waals surface area contributed by atoms with Crippen molar-refractivity contribution in [2.45, 2.75) is 0 Å². The van der Waals surface area contributed by atoms with Gasteiger partial charge in [0.15, 0.2) is 5.82 Å². The van der Waals surface area contributed by atoms with E-state index in [-0.39, 0.29) is 0 Å². The maximum Gasteiger partial charge on any atom is 0.175 e. The number of nitrogen functional groups attached to an aromatic ring is 1. The van der Waals surface area contributed by atoms with Crippen molar-refractivity contribution in [3.63, 3.8) is 0 Å². The molecule has 0 fully saturated rings. The summed E-state index contributed by atoms with van der Waals surface area (Å²) in [5, 5.41) is 9.91. The number of nitrogens with one attached hydrogen (secondary N) is 1. The van der Waals surface area contributed by atoms with Crippen molar-refractivity contribution >= 4 is 28.0 Å². The first-order valence-electron chi connectivity index (χ1n) is 5.77. The van der Waals surface area contributed by atoms with Gasteiger partial charge in [0, 0.05) is 18.9 Å². The largest absolute Gasteiger partial charge is 0.394 e. The molecule has 1 aromatic heterocycles. The second-order valence-corrected chi connectivity index (χ2v) is 4.29. The molecular formula is C14H14N4. The zero-order chi connectivity index (χ0) is 12.5. The van der Waals surface area contributed by atoms with Gasteiger partial charge in [-0.25, -0.2) is 0 Å². The Morgan fingerprint density at radius 3 is 2.61 bits per heavy atom. The fraction of sp³-hybridized carbons (Fsp3) is 0.0714. The molecule has 3 aromatic rings. The molecule has 4 nitrogen and oxygen atoms in total. The number of nitrogens with zero attached hydrogens (tertiary/aromatic N) is 2. The summed E-state index contributed by atoms with van der Waals surface area (Å²) in [4.78, 5) is 0. The molecule has 0 amide bonds. The van der Waals surface area contributed by atoms with E-state index in [1.54, 1.807) is 10.9 Å². The molecule has 0 atom stereocenters. The van der Waals surface area contributed by atoms with Crippen LogP contribution in [0.2, 0.25) is 0 Å². The van der Waals surface area contributed by atoms with Crippen LogP contribution in [0.5, 0.6) is 0 Å². The minimum Gasteiger partial charge on any atom is -0.394 e. The Morgan fingerprint density at radius 2 is 1.89 bits per heavy atom. The summed E-state index contributed by atoms with van der Waals surface area (Å²) < 4.78 is 1.69. The molecule has 2 aromatic carbocycles. The van der Waals surface area contributed by atoms with Gasteiger partial charge in [0.25, 0.3) is 0 Å². The third kappa shape index (κ3) is 1.88. The summed E-state index contributed by atoms with van der Waals surface area (Å²) in [6.07, 6.45) is 1.78. The fourth-order valence-electron chi connectivity index (χ4n) is 2.01. The van der Waals surface area contributed by atoms with E-state index in [1.807, 2.05) is 25.2 Å². The molecule has 3 rings (SSSR count). The Bertz CT molecular complexity index is 700. The third-order valence-electron chi connectivity index (χ3n) is 2.87. The zero-order valence-electron chi connectivity index (χ0n) is 10.1. The van der Waals surface area contributed by atoms with E-state index in [0.29, 0.717) is 11.5 Å². The van der Waals surface area contributed by atoms with Crippen molar-refractivity contribution in [1.82, 2.24) is 9.78 Å². The van der Waals surface area contributed by atoms with Crippen molar-refractivity contribution in [1.29, 1.82) is 0 Å². The number of hydrogen-bond acceptors (Lipinski definition) is 3. The van der Waals surface area contributed by atoms with Crippen LogP contribution in [0.4, 0.5) is 17.2 Å². The Kier molecular flexibility index (Phi) is 2.41. The molecule has 1 heterocycles. The molecule has 0 aliphatic carbocycles. The highest BCUT2D eigenvalue weighted by atomic mass is 15.3. The van der Waals surface area contributed by atoms with Crippen LogP contribution in [0.25, 0.3) is 10.8 Å². The SMILES string of the molecule is Cn1cc(N)c(Nc2ccc3ccccc3c2)n1. The number of anilines is 3. The van der Waals surface area contributed by atoms with Crippen molar-refractivity contribution in [2.24, 2.45) is 7.05 Å². The number of nitrogens with two attached hydrogens (primary N) is 1. The maximum atomic E-state index is 5.86. The van der Waals surface area contributed by atoms with Crippen LogP contribution in [-0.4, -0.2) is 9.78 Å². The van der Waals surface area contributed by atoms with Gasteiger partial charge in [-0.15, -0.1) is 0 Å². The number of aromatic nitrogens is 2. The quantitative estimate of drug-likeness (QED) is 0.721. The number of aryl methyl sites for hydroxylation is 1. The van der Waals surface area contributed by atoms with Gasteiger partial charge in [-0.2, -0.15) is 5.10 Å². The molecule has 0 aliphatic rings. The normalized spacial score (nSPS) is 10.7. The van der Waals surface area contributed by atoms with Crippen molar-refractivity contribution < 1.29 is 0 Å². The number of fused-ring (bicyclic) bond motifs is 1. The molecule has 0 saturated carbocycles. The molecule has 0 saturated heterocycles. The number of hydrogen-bond donors (Lipinski definition) is 2. The lowest BCUT2D eigenvalue weighted by atomic mass is 10.1. The predicted octanol–water partition coefficient (Wildman–Crippen LogP) is 2.90. The van der Waals surface area contributed by atoms with Crippen LogP contribution in [-0.2, 0) is 7.05 Å². The van der Waals surface area contributed by atoms with E-state index in [2.05, 4.69) is 34.7 Å². The van der Waals surface area contributed by atoms with Crippen molar-refractivity contribution in [2.75, 3.05) is 11.1 Å². The molecule has 18 heavy (non-hydrogen) atoms. The van der Waals surface area contributed by atoms with Crippen LogP contribution in [0.1, 0.15) is 0 Å². The minimum absolute atomic E-state index is 0.644. The van der Waals surface area contributed by atoms with Gasteiger partial charge in [0.05, 0.1) is 5.69 Å². The summed E-state index contributed by atoms with van der Waals surface area (Å²) in [7, 11) is 1.85. The minimum atomic E-state index is 0.644. The van der Waals surface area contributed by atoms with Gasteiger partial charge in [0.1, 0.15) is 0 Å². The first-order valence-corrected chi connectivity index (χ1v) is 5.77. The van der Waals surface area contributed by atoms with Crippen LogP contribution < -0.4 is 11.1 Å². The molecule has 0 bridgehead atoms. The topological polar surface area (TPSA) is 55.9 Å². The number of rotatable bonds is 2. The second-order valence-electron chi connectivity index (χ2n) is 4.29. The lowest BCUT2D eigenvalue weighted by Crippen LogP contribution is -1.95. The van der Waals surface area contributed by atoms with E-state index in [9.17, 15) is 0 Å². The molecule has 0 spiro atoms. The highest BCUT2D eigenvalue weighted by molar-refractivity contribution is 5.86. The highest BCUT2D eigenvalue weighted by Crippen LogP contribution is 2.24. The first-order chi connectivity index (χ1) is 8.72. The van der Waals surface area contributed by atoms with E-state index in [1.165, 1.54) is 10.8 Å². The van der Waals surface area contributed by atoms with Crippen LogP contribution in [0, 0.1) is 0 Å². The van der Waals surface area contributed by atoms with Crippen LogP contribution in [0.15, 0.2) is 48.7 Å². The van der Waals surface area contributed by atoms with E-state index >= 15 is 0 Å². The molecule has 0 unspecified atom stereocenters. The molecule has 90 valence electrons. The van der Waals surface area contributed by atoms with Gasteiger partial charge in [0.2, 0.25) is 0 Å². The van der Waals surface area contributed by atoms with Crippen LogP contribution in [0.3, 0.4) is 0 Å². The molecular weight excluding hydrogens is 224 g/mol. The highest BCUT2D eigenvalue weighted by Gasteiger charge is 2.04. The molecule has 3 N–H and O–H groups in total. The van der Waals surface area contributed by atoms with E-state index in [0.717, 1.165) is 5.69 Å². The lowest BCUT2D eigenvalue weighted by molar-refractivity contribution is 0.771. The van der Waals surface area contributed by atoms with Gasteiger partial charge in [-0.05, 0) is 22.9 Å². The average Bonchev–Trinajstić information content (AvgIpc) is 2.68. The fourth-order valence-corrected chi connectivity index (χ4v) is 2.01. The Labute approximate surface area is 105 Å². The third-order valence-corrected chi connectivity index (χ3v) is 2.87. The smallest absolute Gasteiger partial charge is 0.175 e. The standard InChI is InChI=1S/C14H14N4/c1-18-9-13(15)14(17-18)16-12-7-6-10-4-2-3-5-11(10)8-12/h2-9H,15H2,1H3,(H,16,17). The summed E-state index contributed by atoms with van der Waals surface area (Å²) in [5.41, 5.74) is 7.49. The first kappa shape index (κ1) is 10.7. The van der Waals surface area contributed by atoms with Crippen molar-refractivity contribution in [3.05, 3.63) is 48.7 Å².